The van der Waals surface area contributed by atoms with Crippen LogP contribution in [0.25, 0.3) is 0 Å². The van der Waals surface area contributed by atoms with Crippen molar-refractivity contribution in [2.24, 2.45) is 0 Å². The predicted octanol–water partition coefficient (Wildman–Crippen LogP) is 1.86. The molecule has 1 aromatic heterocycles. The van der Waals surface area contributed by atoms with Crippen molar-refractivity contribution >= 4 is 16.7 Å². The number of anilines is 1. The molecular formula is C10H20N4S. The summed E-state index contributed by atoms with van der Waals surface area (Å²) in [6.07, 6.45) is 0. The van der Waals surface area contributed by atoms with Crippen LogP contribution in [0.1, 0.15) is 33.5 Å². The summed E-state index contributed by atoms with van der Waals surface area (Å²) >= 11 is 1.43. The van der Waals surface area contributed by atoms with Crippen LogP contribution in [0.5, 0.6) is 0 Å². The third-order valence-electron chi connectivity index (χ3n) is 2.15. The Bertz CT molecular complexity index is 303. The SMILES string of the molecule is CNC(C)CNc1nc(C(C)(C)C)ns1. The third-order valence-corrected chi connectivity index (χ3v) is 2.82. The fourth-order valence-corrected chi connectivity index (χ4v) is 1.71. The van der Waals surface area contributed by atoms with Crippen molar-refractivity contribution in [1.82, 2.24) is 14.7 Å². The molecule has 0 spiro atoms. The number of rotatable bonds is 4. The van der Waals surface area contributed by atoms with Gasteiger partial charge in [0.05, 0.1) is 0 Å². The van der Waals surface area contributed by atoms with E-state index in [9.17, 15) is 0 Å². The summed E-state index contributed by atoms with van der Waals surface area (Å²) in [7, 11) is 1.95. The summed E-state index contributed by atoms with van der Waals surface area (Å²) in [4.78, 5) is 4.46. The molecule has 15 heavy (non-hydrogen) atoms. The van der Waals surface area contributed by atoms with Crippen LogP contribution in [0.3, 0.4) is 0 Å². The maximum Gasteiger partial charge on any atom is 0.202 e. The second-order valence-electron chi connectivity index (χ2n) is 4.74. The zero-order valence-electron chi connectivity index (χ0n) is 10.1. The van der Waals surface area contributed by atoms with Crippen molar-refractivity contribution in [3.63, 3.8) is 0 Å². The minimum atomic E-state index is 0.0328. The van der Waals surface area contributed by atoms with E-state index in [-0.39, 0.29) is 5.41 Å². The van der Waals surface area contributed by atoms with Gasteiger partial charge in [0.15, 0.2) is 0 Å². The first kappa shape index (κ1) is 12.4. The highest BCUT2D eigenvalue weighted by Gasteiger charge is 2.19. The molecule has 0 bridgehead atoms. The Labute approximate surface area is 95.7 Å². The van der Waals surface area contributed by atoms with Crippen molar-refractivity contribution in [3.8, 4) is 0 Å². The highest BCUT2D eigenvalue weighted by Crippen LogP contribution is 2.22. The smallest absolute Gasteiger partial charge is 0.202 e. The van der Waals surface area contributed by atoms with Gasteiger partial charge in [-0.25, -0.2) is 4.98 Å². The largest absolute Gasteiger partial charge is 0.359 e. The first-order chi connectivity index (χ1) is 6.93. The van der Waals surface area contributed by atoms with Gasteiger partial charge in [0.25, 0.3) is 0 Å². The third kappa shape index (κ3) is 3.76. The van der Waals surface area contributed by atoms with E-state index >= 15 is 0 Å². The molecule has 0 aliphatic heterocycles. The highest BCUT2D eigenvalue weighted by molar-refractivity contribution is 7.09. The van der Waals surface area contributed by atoms with E-state index in [0.717, 1.165) is 17.5 Å². The van der Waals surface area contributed by atoms with Gasteiger partial charge in [0, 0.05) is 29.5 Å². The molecule has 0 saturated heterocycles. The molecule has 1 unspecified atom stereocenters. The van der Waals surface area contributed by atoms with Gasteiger partial charge in [-0.2, -0.15) is 4.37 Å². The molecule has 0 radical (unpaired) electrons. The Kier molecular flexibility index (Phi) is 4.04. The minimum Gasteiger partial charge on any atom is -0.359 e. The Balaban J connectivity index is 2.54. The van der Waals surface area contributed by atoms with Crippen LogP contribution in [-0.4, -0.2) is 29.0 Å². The molecule has 2 N–H and O–H groups in total. The summed E-state index contributed by atoms with van der Waals surface area (Å²) in [5.41, 5.74) is 0.0328. The number of aromatic nitrogens is 2. The Morgan fingerprint density at radius 3 is 2.53 bits per heavy atom. The first-order valence-corrected chi connectivity index (χ1v) is 5.96. The van der Waals surface area contributed by atoms with Gasteiger partial charge in [-0.05, 0) is 14.0 Å². The molecule has 0 saturated carbocycles. The van der Waals surface area contributed by atoms with Crippen molar-refractivity contribution in [1.29, 1.82) is 0 Å². The van der Waals surface area contributed by atoms with Gasteiger partial charge in [0.2, 0.25) is 5.13 Å². The summed E-state index contributed by atoms with van der Waals surface area (Å²) in [6, 6.07) is 0.437. The van der Waals surface area contributed by atoms with E-state index < -0.39 is 0 Å². The maximum atomic E-state index is 4.46. The molecule has 0 aliphatic carbocycles. The lowest BCUT2D eigenvalue weighted by Gasteiger charge is -2.12. The Morgan fingerprint density at radius 2 is 2.07 bits per heavy atom. The van der Waals surface area contributed by atoms with Crippen LogP contribution in [0, 0.1) is 0 Å². The quantitative estimate of drug-likeness (QED) is 0.826. The van der Waals surface area contributed by atoms with Crippen molar-refractivity contribution in [2.75, 3.05) is 18.9 Å². The standard InChI is InChI=1S/C10H20N4S/c1-7(11-5)6-12-9-13-8(14-15-9)10(2,3)4/h7,11H,6H2,1-5H3,(H,12,13,14). The second-order valence-corrected chi connectivity index (χ2v) is 5.50. The van der Waals surface area contributed by atoms with E-state index in [2.05, 4.69) is 47.7 Å². The van der Waals surface area contributed by atoms with Crippen LogP contribution in [0.15, 0.2) is 0 Å². The van der Waals surface area contributed by atoms with Gasteiger partial charge in [-0.3, -0.25) is 0 Å². The molecule has 0 amide bonds. The van der Waals surface area contributed by atoms with Crippen LogP contribution >= 0.6 is 11.5 Å². The van der Waals surface area contributed by atoms with Gasteiger partial charge >= 0.3 is 0 Å². The van der Waals surface area contributed by atoms with Gasteiger partial charge in [-0.1, -0.05) is 20.8 Å². The first-order valence-electron chi connectivity index (χ1n) is 5.19. The molecule has 4 nitrogen and oxygen atoms in total. The van der Waals surface area contributed by atoms with E-state index in [1.54, 1.807) is 0 Å². The molecule has 0 aromatic carbocycles. The number of nitrogens with zero attached hydrogens (tertiary/aromatic N) is 2. The molecule has 0 fully saturated rings. The molecule has 0 aliphatic rings. The highest BCUT2D eigenvalue weighted by atomic mass is 32.1. The van der Waals surface area contributed by atoms with E-state index in [0.29, 0.717) is 6.04 Å². The van der Waals surface area contributed by atoms with Gasteiger partial charge in [-0.15, -0.1) is 0 Å². The normalized spacial score (nSPS) is 13.9. The molecule has 5 heteroatoms. The lowest BCUT2D eigenvalue weighted by atomic mass is 9.96. The van der Waals surface area contributed by atoms with Crippen molar-refractivity contribution in [3.05, 3.63) is 5.82 Å². The zero-order chi connectivity index (χ0) is 11.5. The van der Waals surface area contributed by atoms with Crippen LogP contribution in [0.2, 0.25) is 0 Å². The lowest BCUT2D eigenvalue weighted by Crippen LogP contribution is -2.29. The Hall–Kier alpha value is -0.680. The number of nitrogens with one attached hydrogen (secondary N) is 2. The van der Waals surface area contributed by atoms with Crippen LogP contribution < -0.4 is 10.6 Å². The molecule has 86 valence electrons. The number of likely N-dealkylation sites (N-methyl/N-ethyl adjacent to an activating group) is 1. The summed E-state index contributed by atoms with van der Waals surface area (Å²) in [6.45, 7) is 9.35. The van der Waals surface area contributed by atoms with Gasteiger partial charge in [0.1, 0.15) is 5.82 Å². The van der Waals surface area contributed by atoms with Crippen LogP contribution in [0.4, 0.5) is 5.13 Å². The lowest BCUT2D eigenvalue weighted by molar-refractivity contribution is 0.555. The topological polar surface area (TPSA) is 49.8 Å². The average molecular weight is 228 g/mol. The summed E-state index contributed by atoms with van der Waals surface area (Å²) < 4.78 is 4.34. The average Bonchev–Trinajstić information content (AvgIpc) is 2.61. The molecule has 1 heterocycles. The maximum absolute atomic E-state index is 4.46. The Morgan fingerprint density at radius 1 is 1.40 bits per heavy atom. The summed E-state index contributed by atoms with van der Waals surface area (Å²) in [5.74, 6) is 0.909. The zero-order valence-corrected chi connectivity index (χ0v) is 10.9. The van der Waals surface area contributed by atoms with Gasteiger partial charge < -0.3 is 10.6 Å². The molecule has 1 rings (SSSR count). The van der Waals surface area contributed by atoms with Crippen LogP contribution in [-0.2, 0) is 5.41 Å². The van der Waals surface area contributed by atoms with Crippen molar-refractivity contribution in [2.45, 2.75) is 39.2 Å². The van der Waals surface area contributed by atoms with E-state index in [4.69, 9.17) is 0 Å². The monoisotopic (exact) mass is 228 g/mol. The number of hydrogen-bond acceptors (Lipinski definition) is 5. The summed E-state index contributed by atoms with van der Waals surface area (Å²) in [5, 5.41) is 7.34. The molecule has 1 aromatic rings. The van der Waals surface area contributed by atoms with E-state index in [1.165, 1.54) is 11.5 Å². The van der Waals surface area contributed by atoms with Crippen molar-refractivity contribution < 1.29 is 0 Å². The second kappa shape index (κ2) is 4.90. The number of hydrogen-bond donors (Lipinski definition) is 2. The fraction of sp³-hybridized carbons (Fsp3) is 0.800. The molecule has 1 atom stereocenters. The molecular weight excluding hydrogens is 208 g/mol. The fourth-order valence-electron chi connectivity index (χ4n) is 0.942. The minimum absolute atomic E-state index is 0.0328. The predicted molar refractivity (Wildman–Crippen MR) is 65.6 cm³/mol. The van der Waals surface area contributed by atoms with E-state index in [1.807, 2.05) is 7.05 Å².